The number of nitrogens with one attached hydrogen (secondary N) is 2. The summed E-state index contributed by atoms with van der Waals surface area (Å²) in [7, 11) is 0. The number of rotatable bonds is 2. The van der Waals surface area contributed by atoms with Gasteiger partial charge in [-0.1, -0.05) is 12.1 Å². The van der Waals surface area contributed by atoms with Crippen LogP contribution in [0.4, 0.5) is 10.5 Å². The summed E-state index contributed by atoms with van der Waals surface area (Å²) in [5, 5.41) is 4.91. The zero-order valence-corrected chi connectivity index (χ0v) is 10.1. The lowest BCUT2D eigenvalue weighted by atomic mass is 10.3. The van der Waals surface area contributed by atoms with Crippen molar-refractivity contribution in [3.63, 3.8) is 0 Å². The fraction of sp³-hybridized carbons (Fsp3) is 0.273. The van der Waals surface area contributed by atoms with Crippen molar-refractivity contribution in [2.75, 3.05) is 5.32 Å². The number of carbonyl (C=O) groups excluding carboxylic acids is 2. The van der Waals surface area contributed by atoms with Gasteiger partial charge in [0.1, 0.15) is 0 Å². The monoisotopic (exact) mass is 282 g/mol. The quantitative estimate of drug-likeness (QED) is 0.876. The van der Waals surface area contributed by atoms with Gasteiger partial charge in [0.05, 0.1) is 5.69 Å². The van der Waals surface area contributed by atoms with Crippen LogP contribution in [0.5, 0.6) is 0 Å². The van der Waals surface area contributed by atoms with Crippen LogP contribution < -0.4 is 10.6 Å². The highest BCUT2D eigenvalue weighted by Crippen LogP contribution is 2.28. The molecule has 84 valence electrons. The second-order valence-electron chi connectivity index (χ2n) is 3.70. The largest absolute Gasteiger partial charge is 0.325 e. The van der Waals surface area contributed by atoms with E-state index in [0.29, 0.717) is 5.69 Å². The average Bonchev–Trinajstić information content (AvgIpc) is 3.04. The van der Waals surface area contributed by atoms with Crippen molar-refractivity contribution in [2.45, 2.75) is 12.8 Å². The van der Waals surface area contributed by atoms with Crippen molar-refractivity contribution in [1.82, 2.24) is 5.32 Å². The lowest BCUT2D eigenvalue weighted by Crippen LogP contribution is -2.35. The number of para-hydroxylation sites is 1. The molecule has 1 aliphatic rings. The van der Waals surface area contributed by atoms with Crippen LogP contribution in [0.15, 0.2) is 28.7 Å². The SMILES string of the molecule is O=C(NC(=O)C1CC1)Nc1ccccc1Br. The van der Waals surface area contributed by atoms with Crippen molar-refractivity contribution in [3.8, 4) is 0 Å². The van der Waals surface area contributed by atoms with Gasteiger partial charge in [0.2, 0.25) is 5.91 Å². The van der Waals surface area contributed by atoms with Gasteiger partial charge in [0.15, 0.2) is 0 Å². The molecule has 0 bridgehead atoms. The molecule has 2 rings (SSSR count). The van der Waals surface area contributed by atoms with Gasteiger partial charge >= 0.3 is 6.03 Å². The second-order valence-corrected chi connectivity index (χ2v) is 4.55. The Labute approximate surface area is 102 Å². The number of hydrogen-bond donors (Lipinski definition) is 2. The first-order valence-electron chi connectivity index (χ1n) is 5.03. The van der Waals surface area contributed by atoms with Crippen molar-refractivity contribution < 1.29 is 9.59 Å². The molecule has 1 aromatic carbocycles. The summed E-state index contributed by atoms with van der Waals surface area (Å²) in [5.41, 5.74) is 0.642. The van der Waals surface area contributed by atoms with Crippen LogP contribution in [0.2, 0.25) is 0 Å². The molecule has 4 nitrogen and oxygen atoms in total. The summed E-state index contributed by atoms with van der Waals surface area (Å²) in [5.74, 6) is -0.158. The number of carbonyl (C=O) groups is 2. The number of hydrogen-bond acceptors (Lipinski definition) is 2. The summed E-state index contributed by atoms with van der Waals surface area (Å²) in [6.07, 6.45) is 1.77. The first-order chi connectivity index (χ1) is 7.66. The van der Waals surface area contributed by atoms with Crippen LogP contribution in [0, 0.1) is 5.92 Å². The molecule has 0 radical (unpaired) electrons. The summed E-state index contributed by atoms with van der Waals surface area (Å²) in [6.45, 7) is 0. The molecular formula is C11H11BrN2O2. The Balaban J connectivity index is 1.91. The molecule has 0 aliphatic heterocycles. The summed E-state index contributed by atoms with van der Waals surface area (Å²) in [4.78, 5) is 22.8. The zero-order valence-electron chi connectivity index (χ0n) is 8.50. The first kappa shape index (κ1) is 11.1. The highest BCUT2D eigenvalue weighted by molar-refractivity contribution is 9.10. The fourth-order valence-corrected chi connectivity index (χ4v) is 1.66. The van der Waals surface area contributed by atoms with E-state index < -0.39 is 6.03 Å². The van der Waals surface area contributed by atoms with Gasteiger partial charge in [-0.25, -0.2) is 4.79 Å². The molecule has 1 saturated carbocycles. The van der Waals surface area contributed by atoms with Gasteiger partial charge in [-0.05, 0) is 40.9 Å². The Bertz CT molecular complexity index is 430. The molecule has 5 heteroatoms. The summed E-state index contributed by atoms with van der Waals surface area (Å²) >= 11 is 3.30. The third kappa shape index (κ3) is 2.82. The molecule has 2 N–H and O–H groups in total. The van der Waals surface area contributed by atoms with Crippen LogP contribution in [0.25, 0.3) is 0 Å². The number of amides is 3. The lowest BCUT2D eigenvalue weighted by Gasteiger charge is -2.07. The minimum atomic E-state index is -0.483. The summed E-state index contributed by atoms with van der Waals surface area (Å²) < 4.78 is 0.782. The van der Waals surface area contributed by atoms with Gasteiger partial charge in [0.25, 0.3) is 0 Å². The van der Waals surface area contributed by atoms with Crippen LogP contribution in [-0.4, -0.2) is 11.9 Å². The highest BCUT2D eigenvalue weighted by atomic mass is 79.9. The van der Waals surface area contributed by atoms with Gasteiger partial charge in [-0.15, -0.1) is 0 Å². The zero-order chi connectivity index (χ0) is 11.5. The van der Waals surface area contributed by atoms with Crippen LogP contribution in [-0.2, 0) is 4.79 Å². The third-order valence-corrected chi connectivity index (χ3v) is 3.00. The smallest absolute Gasteiger partial charge is 0.307 e. The molecular weight excluding hydrogens is 272 g/mol. The van der Waals surface area contributed by atoms with Gasteiger partial charge in [0, 0.05) is 10.4 Å². The van der Waals surface area contributed by atoms with Crippen molar-refractivity contribution >= 4 is 33.6 Å². The molecule has 0 unspecified atom stereocenters. The predicted molar refractivity (Wildman–Crippen MR) is 64.0 cm³/mol. The van der Waals surface area contributed by atoms with Crippen LogP contribution >= 0.6 is 15.9 Å². The maximum atomic E-state index is 11.4. The fourth-order valence-electron chi connectivity index (χ4n) is 1.28. The molecule has 0 atom stereocenters. The number of benzene rings is 1. The maximum absolute atomic E-state index is 11.4. The Hall–Kier alpha value is -1.36. The van der Waals surface area contributed by atoms with E-state index in [1.54, 1.807) is 6.07 Å². The number of halogens is 1. The molecule has 3 amide bonds. The topological polar surface area (TPSA) is 58.2 Å². The van der Waals surface area contributed by atoms with Gasteiger partial charge in [-0.2, -0.15) is 0 Å². The highest BCUT2D eigenvalue weighted by Gasteiger charge is 2.30. The van der Waals surface area contributed by atoms with E-state index in [1.165, 1.54) is 0 Å². The Morgan fingerprint density at radius 2 is 1.94 bits per heavy atom. The molecule has 0 aromatic heterocycles. The molecule has 0 spiro atoms. The van der Waals surface area contributed by atoms with E-state index in [9.17, 15) is 9.59 Å². The number of anilines is 1. The average molecular weight is 283 g/mol. The van der Waals surface area contributed by atoms with Crippen molar-refractivity contribution in [1.29, 1.82) is 0 Å². The maximum Gasteiger partial charge on any atom is 0.325 e. The second kappa shape index (κ2) is 4.65. The van der Waals surface area contributed by atoms with Crippen molar-refractivity contribution in [2.24, 2.45) is 5.92 Å². The van der Waals surface area contributed by atoms with E-state index in [0.717, 1.165) is 17.3 Å². The summed E-state index contributed by atoms with van der Waals surface area (Å²) in [6, 6.07) is 6.75. The predicted octanol–water partition coefficient (Wildman–Crippen LogP) is 2.51. The first-order valence-corrected chi connectivity index (χ1v) is 5.82. The van der Waals surface area contributed by atoms with E-state index >= 15 is 0 Å². The van der Waals surface area contributed by atoms with E-state index in [4.69, 9.17) is 0 Å². The Morgan fingerprint density at radius 3 is 2.56 bits per heavy atom. The molecule has 0 saturated heterocycles. The Morgan fingerprint density at radius 1 is 1.25 bits per heavy atom. The van der Waals surface area contributed by atoms with E-state index in [2.05, 4.69) is 26.6 Å². The molecule has 1 aromatic rings. The number of urea groups is 1. The minimum Gasteiger partial charge on any atom is -0.307 e. The molecule has 1 aliphatic carbocycles. The minimum absolute atomic E-state index is 0.0324. The standard InChI is InChI=1S/C11H11BrN2O2/c12-8-3-1-2-4-9(8)13-11(16)14-10(15)7-5-6-7/h1-4,7H,5-6H2,(H2,13,14,15,16). The Kier molecular flexibility index (Phi) is 3.24. The van der Waals surface area contributed by atoms with E-state index in [-0.39, 0.29) is 11.8 Å². The van der Waals surface area contributed by atoms with Gasteiger partial charge in [-0.3, -0.25) is 10.1 Å². The molecule has 1 fully saturated rings. The third-order valence-electron chi connectivity index (χ3n) is 2.31. The number of imide groups is 1. The van der Waals surface area contributed by atoms with Crippen LogP contribution in [0.3, 0.4) is 0 Å². The molecule has 0 heterocycles. The molecule has 16 heavy (non-hydrogen) atoms. The van der Waals surface area contributed by atoms with E-state index in [1.807, 2.05) is 18.2 Å². The lowest BCUT2D eigenvalue weighted by molar-refractivity contribution is -0.121. The van der Waals surface area contributed by atoms with Crippen molar-refractivity contribution in [3.05, 3.63) is 28.7 Å². The van der Waals surface area contributed by atoms with Crippen LogP contribution in [0.1, 0.15) is 12.8 Å². The van der Waals surface area contributed by atoms with Gasteiger partial charge < -0.3 is 5.32 Å². The normalized spacial score (nSPS) is 14.3.